The molecule has 1 fully saturated rings. The molecule has 0 saturated heterocycles. The maximum Gasteiger partial charge on any atom is 0.255 e. The van der Waals surface area contributed by atoms with Crippen LogP contribution in [0.1, 0.15) is 35.8 Å². The molecule has 0 aromatic carbocycles. The van der Waals surface area contributed by atoms with Crippen LogP contribution in [0.3, 0.4) is 0 Å². The van der Waals surface area contributed by atoms with Crippen LogP contribution in [0, 0.1) is 5.41 Å². The zero-order valence-corrected chi connectivity index (χ0v) is 16.6. The molecule has 1 saturated carbocycles. The number of alkyl halides is 1. The van der Waals surface area contributed by atoms with E-state index in [1.807, 2.05) is 0 Å². The summed E-state index contributed by atoms with van der Waals surface area (Å²) in [6, 6.07) is 9.95. The first-order valence-corrected chi connectivity index (χ1v) is 9.67. The molecule has 30 heavy (non-hydrogen) atoms. The first kappa shape index (κ1) is 19.8. The Morgan fingerprint density at radius 3 is 2.87 bits per heavy atom. The van der Waals surface area contributed by atoms with Crippen LogP contribution in [-0.2, 0) is 6.67 Å². The molecule has 0 bridgehead atoms. The number of aromatic nitrogens is 3. The normalized spacial score (nSPS) is 14.1. The fourth-order valence-corrected chi connectivity index (χ4v) is 2.78. The van der Waals surface area contributed by atoms with Crippen LogP contribution in [0.4, 0.5) is 21.7 Å². The van der Waals surface area contributed by atoms with Crippen LogP contribution in [0.15, 0.2) is 55.0 Å². The Morgan fingerprint density at radius 2 is 2.07 bits per heavy atom. The van der Waals surface area contributed by atoms with E-state index >= 15 is 0 Å². The molecule has 0 unspecified atom stereocenters. The van der Waals surface area contributed by atoms with Crippen LogP contribution in [0.5, 0.6) is 5.75 Å². The van der Waals surface area contributed by atoms with Crippen molar-refractivity contribution in [3.63, 3.8) is 0 Å². The third kappa shape index (κ3) is 5.08. The van der Waals surface area contributed by atoms with Crippen molar-refractivity contribution in [3.8, 4) is 5.75 Å². The first-order valence-electron chi connectivity index (χ1n) is 9.67. The van der Waals surface area contributed by atoms with Crippen molar-refractivity contribution in [1.82, 2.24) is 15.0 Å². The Hall–Kier alpha value is -3.55. The molecule has 154 valence electrons. The van der Waals surface area contributed by atoms with Gasteiger partial charge in [-0.1, -0.05) is 13.0 Å². The molecule has 0 spiro atoms. The highest BCUT2D eigenvalue weighted by atomic mass is 19.1. The van der Waals surface area contributed by atoms with E-state index in [0.717, 1.165) is 0 Å². The largest absolute Gasteiger partial charge is 0.491 e. The van der Waals surface area contributed by atoms with Crippen molar-refractivity contribution >= 4 is 23.2 Å². The van der Waals surface area contributed by atoms with E-state index in [1.165, 1.54) is 19.0 Å². The summed E-state index contributed by atoms with van der Waals surface area (Å²) in [5, 5.41) is 5.80. The second-order valence-electron chi connectivity index (χ2n) is 7.67. The summed E-state index contributed by atoms with van der Waals surface area (Å²) in [5.74, 6) is 1.20. The highest BCUT2D eigenvalue weighted by Crippen LogP contribution is 2.45. The molecular weight excluding hydrogens is 385 g/mol. The number of anilines is 3. The van der Waals surface area contributed by atoms with E-state index in [2.05, 4.69) is 32.5 Å². The highest BCUT2D eigenvalue weighted by Gasteiger charge is 2.38. The number of ether oxygens (including phenoxy) is 1. The zero-order valence-electron chi connectivity index (χ0n) is 16.6. The zero-order chi connectivity index (χ0) is 21.0. The summed E-state index contributed by atoms with van der Waals surface area (Å²) < 4.78 is 18.6. The minimum Gasteiger partial charge on any atom is -0.491 e. The number of rotatable bonds is 8. The van der Waals surface area contributed by atoms with Gasteiger partial charge in [-0.2, -0.15) is 0 Å². The summed E-state index contributed by atoms with van der Waals surface area (Å²) in [7, 11) is 0. The monoisotopic (exact) mass is 407 g/mol. The predicted octanol–water partition coefficient (Wildman–Crippen LogP) is 4.52. The van der Waals surface area contributed by atoms with E-state index in [9.17, 15) is 9.18 Å². The van der Waals surface area contributed by atoms with Gasteiger partial charge < -0.3 is 15.4 Å². The number of hydrogen-bond donors (Lipinski definition) is 2. The van der Waals surface area contributed by atoms with Gasteiger partial charge in [0.15, 0.2) is 0 Å². The van der Waals surface area contributed by atoms with Crippen LogP contribution in [0.25, 0.3) is 0 Å². The van der Waals surface area contributed by atoms with E-state index in [4.69, 9.17) is 4.74 Å². The molecule has 3 aromatic heterocycles. The Morgan fingerprint density at radius 1 is 1.20 bits per heavy atom. The molecule has 2 N–H and O–H groups in total. The lowest BCUT2D eigenvalue weighted by atomic mass is 10.2. The van der Waals surface area contributed by atoms with Crippen LogP contribution in [0.2, 0.25) is 0 Å². The predicted molar refractivity (Wildman–Crippen MR) is 112 cm³/mol. The van der Waals surface area contributed by atoms with Crippen LogP contribution >= 0.6 is 0 Å². The smallest absolute Gasteiger partial charge is 0.255 e. The Bertz CT molecular complexity index is 1050. The minimum atomic E-state index is -0.651. The summed E-state index contributed by atoms with van der Waals surface area (Å²) in [6.45, 7) is 2.18. The quantitative estimate of drug-likeness (QED) is 0.571. The van der Waals surface area contributed by atoms with Gasteiger partial charge in [-0.25, -0.2) is 14.4 Å². The number of hydrogen-bond acceptors (Lipinski definition) is 6. The molecule has 4 rings (SSSR count). The second-order valence-corrected chi connectivity index (χ2v) is 7.67. The molecule has 0 aliphatic heterocycles. The van der Waals surface area contributed by atoms with Crippen molar-refractivity contribution in [2.45, 2.75) is 26.4 Å². The van der Waals surface area contributed by atoms with Gasteiger partial charge in [-0.05, 0) is 37.1 Å². The van der Waals surface area contributed by atoms with Crippen molar-refractivity contribution in [2.75, 3.05) is 17.2 Å². The summed E-state index contributed by atoms with van der Waals surface area (Å²) >= 11 is 0. The first-order chi connectivity index (χ1) is 14.5. The van der Waals surface area contributed by atoms with E-state index in [1.54, 1.807) is 48.8 Å². The SMILES string of the molecule is CC1(COc2cncc(NC(=O)c3ccnc(Nc4cccc(CF)n4)c3)c2)CC1. The Kier molecular flexibility index (Phi) is 5.56. The number of carbonyl (C=O) groups excluding carboxylic acids is 1. The fourth-order valence-electron chi connectivity index (χ4n) is 2.78. The number of pyridine rings is 3. The second kappa shape index (κ2) is 8.44. The van der Waals surface area contributed by atoms with Gasteiger partial charge in [0.05, 0.1) is 30.4 Å². The number of nitrogens with one attached hydrogen (secondary N) is 2. The average molecular weight is 407 g/mol. The Balaban J connectivity index is 1.41. The lowest BCUT2D eigenvalue weighted by molar-refractivity contribution is 0.102. The van der Waals surface area contributed by atoms with Gasteiger partial charge in [0.25, 0.3) is 5.91 Å². The fraction of sp³-hybridized carbons (Fsp3) is 0.273. The lowest BCUT2D eigenvalue weighted by Gasteiger charge is -2.12. The number of carbonyl (C=O) groups is 1. The van der Waals surface area contributed by atoms with Gasteiger partial charge in [0.2, 0.25) is 0 Å². The van der Waals surface area contributed by atoms with Crippen molar-refractivity contribution in [1.29, 1.82) is 0 Å². The Labute approximate surface area is 173 Å². The molecule has 1 aliphatic rings. The van der Waals surface area contributed by atoms with Crippen molar-refractivity contribution in [2.24, 2.45) is 5.41 Å². The molecule has 0 atom stereocenters. The van der Waals surface area contributed by atoms with Crippen LogP contribution in [-0.4, -0.2) is 27.5 Å². The van der Waals surface area contributed by atoms with Gasteiger partial charge in [0, 0.05) is 23.2 Å². The number of halogens is 1. The molecule has 3 aromatic rings. The molecule has 3 heterocycles. The van der Waals surface area contributed by atoms with Crippen molar-refractivity contribution in [3.05, 3.63) is 66.2 Å². The maximum absolute atomic E-state index is 12.8. The lowest BCUT2D eigenvalue weighted by Crippen LogP contribution is -2.13. The van der Waals surface area contributed by atoms with E-state index < -0.39 is 6.67 Å². The molecule has 1 aliphatic carbocycles. The number of amides is 1. The van der Waals surface area contributed by atoms with Crippen LogP contribution < -0.4 is 15.4 Å². The molecule has 0 radical (unpaired) electrons. The summed E-state index contributed by atoms with van der Waals surface area (Å²) in [4.78, 5) is 25.1. The third-order valence-corrected chi connectivity index (χ3v) is 4.88. The third-order valence-electron chi connectivity index (χ3n) is 4.88. The minimum absolute atomic E-state index is 0.262. The highest BCUT2D eigenvalue weighted by molar-refractivity contribution is 6.04. The van der Waals surface area contributed by atoms with Gasteiger partial charge >= 0.3 is 0 Å². The molecular formula is C22H22FN5O2. The topological polar surface area (TPSA) is 89.0 Å². The van der Waals surface area contributed by atoms with Gasteiger partial charge in [-0.3, -0.25) is 9.78 Å². The van der Waals surface area contributed by atoms with E-state index in [0.29, 0.717) is 40.9 Å². The van der Waals surface area contributed by atoms with Crippen molar-refractivity contribution < 1.29 is 13.9 Å². The van der Waals surface area contributed by atoms with E-state index in [-0.39, 0.29) is 11.3 Å². The van der Waals surface area contributed by atoms with Gasteiger partial charge in [0.1, 0.15) is 24.1 Å². The molecule has 1 amide bonds. The summed E-state index contributed by atoms with van der Waals surface area (Å²) in [5.41, 5.74) is 1.53. The van der Waals surface area contributed by atoms with Gasteiger partial charge in [-0.15, -0.1) is 0 Å². The maximum atomic E-state index is 12.8. The summed E-state index contributed by atoms with van der Waals surface area (Å²) in [6.07, 6.45) is 7.06. The standard InChI is InChI=1S/C22H22FN5O2/c1-22(6-7-22)14-30-18-10-17(12-24-13-18)27-21(29)15-5-8-25-20(9-15)28-19-4-2-3-16(11-23)26-19/h2-5,8-10,12-13H,6-7,11,14H2,1H3,(H,27,29)(H,25,26,28). The molecule has 8 heteroatoms. The molecule has 7 nitrogen and oxygen atoms in total. The average Bonchev–Trinajstić information content (AvgIpc) is 3.50. The number of nitrogens with zero attached hydrogens (tertiary/aromatic N) is 3.